The highest BCUT2D eigenvalue weighted by Gasteiger charge is 2.21. The molecule has 140 valence electrons. The van der Waals surface area contributed by atoms with Gasteiger partial charge in [-0.15, -0.1) is 0 Å². The van der Waals surface area contributed by atoms with E-state index in [-0.39, 0.29) is 0 Å². The lowest BCUT2D eigenvalue weighted by Crippen LogP contribution is -2.32. The zero-order valence-corrected chi connectivity index (χ0v) is 17.0. The lowest BCUT2D eigenvalue weighted by atomic mass is 9.90. The van der Waals surface area contributed by atoms with Crippen LogP contribution in [-0.2, 0) is 0 Å². The van der Waals surface area contributed by atoms with Gasteiger partial charge in [0.15, 0.2) is 0 Å². The molecular weight excluding hydrogens is 401 g/mol. The van der Waals surface area contributed by atoms with Crippen molar-refractivity contribution in [3.8, 4) is 0 Å². The smallest absolute Gasteiger partial charge is 0.0737 e. The summed E-state index contributed by atoms with van der Waals surface area (Å²) in [5.74, 6) is 0. The van der Waals surface area contributed by atoms with Crippen LogP contribution in [0.4, 0.5) is 11.4 Å². The molecule has 1 saturated carbocycles. The molecule has 0 atom stereocenters. The summed E-state index contributed by atoms with van der Waals surface area (Å²) in [6.07, 6.45) is 6.22. The van der Waals surface area contributed by atoms with E-state index in [1.165, 1.54) is 0 Å². The van der Waals surface area contributed by atoms with E-state index in [9.17, 15) is 0 Å². The number of fused-ring (bicyclic) bond motifs is 1. The number of anilines is 2. The molecule has 1 fully saturated rings. The summed E-state index contributed by atoms with van der Waals surface area (Å²) in [5, 5.41) is 10.4. The summed E-state index contributed by atoms with van der Waals surface area (Å²) >= 11 is 18.3. The van der Waals surface area contributed by atoms with Gasteiger partial charge in [-0.2, -0.15) is 0 Å². The summed E-state index contributed by atoms with van der Waals surface area (Å²) in [7, 11) is 0. The van der Waals surface area contributed by atoms with Gasteiger partial charge in [0, 0.05) is 50.1 Å². The topological polar surface area (TPSA) is 37.0 Å². The second kappa shape index (κ2) is 8.14. The van der Waals surface area contributed by atoms with Crippen molar-refractivity contribution in [1.29, 1.82) is 0 Å². The number of rotatable bonds is 4. The lowest BCUT2D eigenvalue weighted by Gasteiger charge is -2.31. The normalized spacial score (nSPS) is 19.8. The van der Waals surface area contributed by atoms with E-state index in [1.807, 2.05) is 42.6 Å². The van der Waals surface area contributed by atoms with Crippen molar-refractivity contribution in [3.63, 3.8) is 0 Å². The number of halogens is 3. The Morgan fingerprint density at radius 2 is 1.41 bits per heavy atom. The standard InChI is InChI=1S/C21H20Cl3N3/c22-13-1-6-19-20(7-8-25-21(19)12-13)27-17-4-2-16(3-5-17)26-18-10-14(23)9-15(24)11-18/h1,6-12,16-17,26H,2-5H2,(H,25,27)/t16-,17+. The van der Waals surface area contributed by atoms with Gasteiger partial charge in [0.1, 0.15) is 0 Å². The third kappa shape index (κ3) is 4.60. The molecule has 2 aromatic carbocycles. The molecule has 3 aromatic rings. The van der Waals surface area contributed by atoms with Crippen molar-refractivity contribution >= 4 is 57.1 Å². The fourth-order valence-electron chi connectivity index (χ4n) is 3.72. The molecule has 0 saturated heterocycles. The van der Waals surface area contributed by atoms with Gasteiger partial charge in [0.05, 0.1) is 5.52 Å². The second-order valence-electron chi connectivity index (χ2n) is 7.02. The van der Waals surface area contributed by atoms with Gasteiger partial charge in [0.2, 0.25) is 0 Å². The van der Waals surface area contributed by atoms with E-state index >= 15 is 0 Å². The molecule has 1 heterocycles. The molecule has 27 heavy (non-hydrogen) atoms. The third-order valence-corrected chi connectivity index (χ3v) is 5.70. The van der Waals surface area contributed by atoms with E-state index in [4.69, 9.17) is 34.8 Å². The maximum Gasteiger partial charge on any atom is 0.0737 e. The molecule has 4 rings (SSSR count). The molecule has 1 aliphatic carbocycles. The minimum atomic E-state index is 0.436. The van der Waals surface area contributed by atoms with Crippen LogP contribution in [0.25, 0.3) is 10.9 Å². The molecule has 1 aromatic heterocycles. The summed E-state index contributed by atoms with van der Waals surface area (Å²) in [6.45, 7) is 0. The molecule has 1 aliphatic rings. The zero-order chi connectivity index (χ0) is 18.8. The minimum Gasteiger partial charge on any atom is -0.382 e. The van der Waals surface area contributed by atoms with E-state index in [0.29, 0.717) is 27.2 Å². The fraction of sp³-hybridized carbons (Fsp3) is 0.286. The van der Waals surface area contributed by atoms with E-state index in [2.05, 4.69) is 15.6 Å². The van der Waals surface area contributed by atoms with Crippen LogP contribution in [-0.4, -0.2) is 17.1 Å². The second-order valence-corrected chi connectivity index (χ2v) is 8.32. The molecule has 0 bridgehead atoms. The maximum absolute atomic E-state index is 6.09. The summed E-state index contributed by atoms with van der Waals surface area (Å²) in [4.78, 5) is 4.41. The van der Waals surface area contributed by atoms with Crippen LogP contribution >= 0.6 is 34.8 Å². The molecular formula is C21H20Cl3N3. The first-order valence-corrected chi connectivity index (χ1v) is 10.2. The van der Waals surface area contributed by atoms with Crippen LogP contribution in [0.1, 0.15) is 25.7 Å². The van der Waals surface area contributed by atoms with Crippen LogP contribution in [0.2, 0.25) is 15.1 Å². The Morgan fingerprint density at radius 3 is 2.11 bits per heavy atom. The van der Waals surface area contributed by atoms with Crippen molar-refractivity contribution in [3.05, 3.63) is 63.7 Å². The van der Waals surface area contributed by atoms with E-state index < -0.39 is 0 Å². The van der Waals surface area contributed by atoms with Crippen molar-refractivity contribution in [2.75, 3.05) is 10.6 Å². The number of aromatic nitrogens is 1. The number of hydrogen-bond donors (Lipinski definition) is 2. The highest BCUT2D eigenvalue weighted by molar-refractivity contribution is 6.35. The molecule has 2 N–H and O–H groups in total. The quantitative estimate of drug-likeness (QED) is 0.475. The maximum atomic E-state index is 6.09. The zero-order valence-electron chi connectivity index (χ0n) is 14.7. The van der Waals surface area contributed by atoms with Gasteiger partial charge in [-0.1, -0.05) is 34.8 Å². The van der Waals surface area contributed by atoms with Crippen LogP contribution < -0.4 is 10.6 Å². The average molecular weight is 421 g/mol. The number of nitrogens with one attached hydrogen (secondary N) is 2. The first-order chi connectivity index (χ1) is 13.1. The summed E-state index contributed by atoms with van der Waals surface area (Å²) in [5.41, 5.74) is 3.02. The molecule has 0 amide bonds. The Balaban J connectivity index is 1.38. The molecule has 0 unspecified atom stereocenters. The molecule has 3 nitrogen and oxygen atoms in total. The summed E-state index contributed by atoms with van der Waals surface area (Å²) in [6, 6.07) is 14.4. The highest BCUT2D eigenvalue weighted by Crippen LogP contribution is 2.30. The Labute approximate surface area is 174 Å². The van der Waals surface area contributed by atoms with Crippen molar-refractivity contribution in [2.45, 2.75) is 37.8 Å². The molecule has 0 aliphatic heterocycles. The Hall–Kier alpha value is -1.68. The van der Waals surface area contributed by atoms with Crippen molar-refractivity contribution < 1.29 is 0 Å². The van der Waals surface area contributed by atoms with Gasteiger partial charge in [-0.25, -0.2) is 0 Å². The first kappa shape index (κ1) is 18.7. The first-order valence-electron chi connectivity index (χ1n) is 9.10. The Bertz CT molecular complexity index is 932. The van der Waals surface area contributed by atoms with Crippen LogP contribution in [0.3, 0.4) is 0 Å². The van der Waals surface area contributed by atoms with Gasteiger partial charge in [-0.05, 0) is 68.1 Å². The predicted octanol–water partition coefficient (Wildman–Crippen LogP) is 7.03. The Kier molecular flexibility index (Phi) is 5.63. The number of nitrogens with zero attached hydrogens (tertiary/aromatic N) is 1. The minimum absolute atomic E-state index is 0.436. The molecule has 0 spiro atoms. The summed E-state index contributed by atoms with van der Waals surface area (Å²) < 4.78 is 0. The van der Waals surface area contributed by atoms with Crippen LogP contribution in [0.15, 0.2) is 48.7 Å². The molecule has 0 radical (unpaired) electrons. The SMILES string of the molecule is Clc1cc(Cl)cc(N[C@H]2CC[C@@H](Nc3ccnc4cc(Cl)ccc34)CC2)c1. The van der Waals surface area contributed by atoms with Gasteiger partial charge < -0.3 is 10.6 Å². The molecule has 6 heteroatoms. The van der Waals surface area contributed by atoms with Crippen molar-refractivity contribution in [1.82, 2.24) is 4.98 Å². The van der Waals surface area contributed by atoms with Gasteiger partial charge in [0.25, 0.3) is 0 Å². The van der Waals surface area contributed by atoms with Gasteiger partial charge in [-0.3, -0.25) is 4.98 Å². The number of pyridine rings is 1. The Morgan fingerprint density at radius 1 is 0.741 bits per heavy atom. The third-order valence-electron chi connectivity index (χ3n) is 5.02. The number of hydrogen-bond acceptors (Lipinski definition) is 3. The van der Waals surface area contributed by atoms with Gasteiger partial charge >= 0.3 is 0 Å². The highest BCUT2D eigenvalue weighted by atomic mass is 35.5. The van der Waals surface area contributed by atoms with E-state index in [0.717, 1.165) is 48.0 Å². The van der Waals surface area contributed by atoms with Crippen LogP contribution in [0.5, 0.6) is 0 Å². The predicted molar refractivity (Wildman–Crippen MR) is 117 cm³/mol. The average Bonchev–Trinajstić information content (AvgIpc) is 2.62. The fourth-order valence-corrected chi connectivity index (χ4v) is 4.41. The van der Waals surface area contributed by atoms with Crippen molar-refractivity contribution in [2.24, 2.45) is 0 Å². The number of benzene rings is 2. The van der Waals surface area contributed by atoms with Crippen LogP contribution in [0, 0.1) is 0 Å². The largest absolute Gasteiger partial charge is 0.382 e. The van der Waals surface area contributed by atoms with E-state index in [1.54, 1.807) is 6.07 Å². The monoisotopic (exact) mass is 419 g/mol. The lowest BCUT2D eigenvalue weighted by molar-refractivity contribution is 0.429.